The Kier molecular flexibility index (Phi) is 7.50. The van der Waals surface area contributed by atoms with E-state index in [0.29, 0.717) is 43.4 Å². The lowest BCUT2D eigenvalue weighted by atomic mass is 10.0. The van der Waals surface area contributed by atoms with Crippen LogP contribution in [0.2, 0.25) is 0 Å². The molecule has 1 aliphatic heterocycles. The van der Waals surface area contributed by atoms with Crippen molar-refractivity contribution in [1.82, 2.24) is 9.80 Å². The third kappa shape index (κ3) is 5.62. The molecule has 1 aliphatic rings. The molecule has 2 aromatic rings. The second kappa shape index (κ2) is 10.3. The Morgan fingerprint density at radius 3 is 2.07 bits per heavy atom. The quantitative estimate of drug-likeness (QED) is 0.692. The highest BCUT2D eigenvalue weighted by Gasteiger charge is 2.25. The molecule has 0 spiro atoms. The predicted octanol–water partition coefficient (Wildman–Crippen LogP) is 4.13. The number of ether oxygens (including phenoxy) is 1. The second-order valence-electron chi connectivity index (χ2n) is 8.13. The minimum absolute atomic E-state index is 0.0255. The van der Waals surface area contributed by atoms with Crippen LogP contribution in [-0.4, -0.2) is 54.4 Å². The van der Waals surface area contributed by atoms with Gasteiger partial charge in [-0.15, -0.1) is 0 Å². The van der Waals surface area contributed by atoms with Crippen LogP contribution in [0, 0.1) is 0 Å². The van der Waals surface area contributed by atoms with Crippen molar-refractivity contribution in [3.05, 3.63) is 65.2 Å². The summed E-state index contributed by atoms with van der Waals surface area (Å²) in [4.78, 5) is 28.8. The predicted molar refractivity (Wildman–Crippen MR) is 119 cm³/mol. The van der Waals surface area contributed by atoms with Crippen molar-refractivity contribution < 1.29 is 14.3 Å². The number of hydrogen-bond donors (Lipinski definition) is 0. The van der Waals surface area contributed by atoms with Gasteiger partial charge in [-0.3, -0.25) is 9.59 Å². The van der Waals surface area contributed by atoms with Crippen molar-refractivity contribution in [3.8, 4) is 5.75 Å². The van der Waals surface area contributed by atoms with E-state index in [0.717, 1.165) is 12.8 Å². The molecule has 0 bridgehead atoms. The third-order valence-electron chi connectivity index (χ3n) is 5.57. The monoisotopic (exact) mass is 408 g/mol. The summed E-state index contributed by atoms with van der Waals surface area (Å²) < 4.78 is 5.66. The normalized spacial score (nSPS) is 14.1. The van der Waals surface area contributed by atoms with Crippen molar-refractivity contribution >= 4 is 11.8 Å². The Morgan fingerprint density at radius 1 is 0.900 bits per heavy atom. The van der Waals surface area contributed by atoms with Gasteiger partial charge in [-0.2, -0.15) is 0 Å². The molecule has 3 rings (SSSR count). The molecule has 0 N–H and O–H groups in total. The minimum atomic E-state index is -0.0407. The van der Waals surface area contributed by atoms with Gasteiger partial charge >= 0.3 is 0 Å². The molecule has 2 aromatic carbocycles. The lowest BCUT2D eigenvalue weighted by Crippen LogP contribution is -2.51. The van der Waals surface area contributed by atoms with Crippen LogP contribution >= 0.6 is 0 Å². The molecule has 160 valence electrons. The first-order valence-electron chi connectivity index (χ1n) is 10.9. The van der Waals surface area contributed by atoms with E-state index in [4.69, 9.17) is 4.74 Å². The van der Waals surface area contributed by atoms with E-state index in [-0.39, 0.29) is 18.4 Å². The van der Waals surface area contributed by atoms with Crippen LogP contribution in [0.5, 0.6) is 5.75 Å². The number of aryl methyl sites for hydroxylation is 1. The molecule has 0 aliphatic carbocycles. The molecule has 5 nitrogen and oxygen atoms in total. The van der Waals surface area contributed by atoms with Gasteiger partial charge in [0.25, 0.3) is 11.8 Å². The first kappa shape index (κ1) is 21.9. The Labute approximate surface area is 179 Å². The van der Waals surface area contributed by atoms with Crippen LogP contribution in [0.3, 0.4) is 0 Å². The fourth-order valence-electron chi connectivity index (χ4n) is 3.63. The average Bonchev–Trinajstić information content (AvgIpc) is 2.78. The van der Waals surface area contributed by atoms with Crippen LogP contribution in [0.1, 0.15) is 54.6 Å². The summed E-state index contributed by atoms with van der Waals surface area (Å²) in [5.74, 6) is 1.14. The fraction of sp³-hybridized carbons (Fsp3) is 0.440. The third-order valence-corrected chi connectivity index (χ3v) is 5.57. The maximum absolute atomic E-state index is 12.7. The number of hydrogen-bond acceptors (Lipinski definition) is 3. The Hall–Kier alpha value is -2.82. The standard InChI is InChI=1S/C25H32N2O3/c1-4-5-20-6-12-23(13-7-20)30-18-24(28)26-14-16-27(17-15-26)25(29)22-10-8-21(9-11-22)19(2)3/h6-13,19H,4-5,14-18H2,1-3H3. The summed E-state index contributed by atoms with van der Waals surface area (Å²) in [7, 11) is 0. The molecular weight excluding hydrogens is 376 g/mol. The highest BCUT2D eigenvalue weighted by Crippen LogP contribution is 2.17. The van der Waals surface area contributed by atoms with Gasteiger partial charge in [0.05, 0.1) is 0 Å². The number of carbonyl (C=O) groups excluding carboxylic acids is 2. The van der Waals surface area contributed by atoms with Gasteiger partial charge in [0.2, 0.25) is 0 Å². The van der Waals surface area contributed by atoms with Crippen molar-refractivity contribution in [2.24, 2.45) is 0 Å². The van der Waals surface area contributed by atoms with Gasteiger partial charge in [-0.25, -0.2) is 0 Å². The molecular formula is C25H32N2O3. The Balaban J connectivity index is 1.46. The molecule has 0 unspecified atom stereocenters. The van der Waals surface area contributed by atoms with Crippen molar-refractivity contribution in [2.45, 2.75) is 39.5 Å². The number of rotatable bonds is 7. The summed E-state index contributed by atoms with van der Waals surface area (Å²) in [6, 6.07) is 15.7. The SMILES string of the molecule is CCCc1ccc(OCC(=O)N2CCN(C(=O)c3ccc(C(C)C)cc3)CC2)cc1. The van der Waals surface area contributed by atoms with E-state index in [1.807, 2.05) is 53.4 Å². The van der Waals surface area contributed by atoms with E-state index in [2.05, 4.69) is 20.8 Å². The number of benzene rings is 2. The van der Waals surface area contributed by atoms with Crippen LogP contribution in [0.15, 0.2) is 48.5 Å². The lowest BCUT2D eigenvalue weighted by Gasteiger charge is -2.34. The highest BCUT2D eigenvalue weighted by atomic mass is 16.5. The average molecular weight is 409 g/mol. The largest absolute Gasteiger partial charge is 0.484 e. The molecule has 0 atom stereocenters. The van der Waals surface area contributed by atoms with Crippen LogP contribution in [0.4, 0.5) is 0 Å². The minimum Gasteiger partial charge on any atom is -0.484 e. The van der Waals surface area contributed by atoms with Crippen LogP contribution < -0.4 is 4.74 Å². The lowest BCUT2D eigenvalue weighted by molar-refractivity contribution is -0.134. The fourth-order valence-corrected chi connectivity index (χ4v) is 3.63. The van der Waals surface area contributed by atoms with Gasteiger partial charge in [-0.1, -0.05) is 51.5 Å². The molecule has 2 amide bonds. The van der Waals surface area contributed by atoms with Crippen LogP contribution in [-0.2, 0) is 11.2 Å². The maximum Gasteiger partial charge on any atom is 0.260 e. The number of nitrogens with zero attached hydrogens (tertiary/aromatic N) is 2. The first-order valence-corrected chi connectivity index (χ1v) is 10.9. The van der Waals surface area contributed by atoms with E-state index in [9.17, 15) is 9.59 Å². The maximum atomic E-state index is 12.7. The summed E-state index contributed by atoms with van der Waals surface area (Å²) in [6.45, 7) is 8.61. The van der Waals surface area contributed by atoms with E-state index < -0.39 is 0 Å². The topological polar surface area (TPSA) is 49.9 Å². The number of piperazine rings is 1. The molecule has 30 heavy (non-hydrogen) atoms. The zero-order chi connectivity index (χ0) is 21.5. The van der Waals surface area contributed by atoms with Gasteiger partial charge in [0.1, 0.15) is 5.75 Å². The molecule has 1 fully saturated rings. The number of carbonyl (C=O) groups is 2. The molecule has 0 aromatic heterocycles. The summed E-state index contributed by atoms with van der Waals surface area (Å²) >= 11 is 0. The highest BCUT2D eigenvalue weighted by molar-refractivity contribution is 5.94. The zero-order valence-corrected chi connectivity index (χ0v) is 18.3. The van der Waals surface area contributed by atoms with Gasteiger partial charge in [0, 0.05) is 31.7 Å². The Bertz CT molecular complexity index is 836. The van der Waals surface area contributed by atoms with Crippen molar-refractivity contribution in [1.29, 1.82) is 0 Å². The molecule has 0 saturated carbocycles. The molecule has 1 saturated heterocycles. The van der Waals surface area contributed by atoms with Gasteiger partial charge in [0.15, 0.2) is 6.61 Å². The van der Waals surface area contributed by atoms with Crippen molar-refractivity contribution in [3.63, 3.8) is 0 Å². The van der Waals surface area contributed by atoms with Crippen LogP contribution in [0.25, 0.3) is 0 Å². The zero-order valence-electron chi connectivity index (χ0n) is 18.3. The summed E-state index contributed by atoms with van der Waals surface area (Å²) in [6.07, 6.45) is 2.15. The number of amides is 2. The van der Waals surface area contributed by atoms with E-state index >= 15 is 0 Å². The van der Waals surface area contributed by atoms with Crippen molar-refractivity contribution in [2.75, 3.05) is 32.8 Å². The summed E-state index contributed by atoms with van der Waals surface area (Å²) in [5.41, 5.74) is 3.20. The second-order valence-corrected chi connectivity index (χ2v) is 8.13. The van der Waals surface area contributed by atoms with Gasteiger partial charge < -0.3 is 14.5 Å². The van der Waals surface area contributed by atoms with E-state index in [1.54, 1.807) is 4.90 Å². The molecule has 0 radical (unpaired) electrons. The molecule has 5 heteroatoms. The summed E-state index contributed by atoms with van der Waals surface area (Å²) in [5, 5.41) is 0. The molecule has 1 heterocycles. The van der Waals surface area contributed by atoms with Gasteiger partial charge in [-0.05, 0) is 47.7 Å². The Morgan fingerprint density at radius 2 is 1.50 bits per heavy atom. The first-order chi connectivity index (χ1) is 14.5. The smallest absolute Gasteiger partial charge is 0.260 e. The van der Waals surface area contributed by atoms with E-state index in [1.165, 1.54) is 11.1 Å².